The van der Waals surface area contributed by atoms with Gasteiger partial charge in [-0.3, -0.25) is 9.59 Å². The molecule has 3 aromatic rings. The normalized spacial score (nSPS) is 19.4. The van der Waals surface area contributed by atoms with E-state index < -0.39 is 12.0 Å². The van der Waals surface area contributed by atoms with Gasteiger partial charge < -0.3 is 24.4 Å². The van der Waals surface area contributed by atoms with Gasteiger partial charge in [0.25, 0.3) is 5.91 Å². The quantitative estimate of drug-likeness (QED) is 0.421. The number of nitrogens with one attached hydrogen (secondary N) is 1. The molecule has 0 bridgehead atoms. The second kappa shape index (κ2) is 11.2. The Balaban J connectivity index is 1.64. The van der Waals surface area contributed by atoms with Crippen LogP contribution in [0.4, 0.5) is 5.69 Å². The molecule has 38 heavy (non-hydrogen) atoms. The SMILES string of the molecule is COc1ccc(C2C(C(=O)Nc3cc(OC)ccc3OC)c3ccccc3C(=O)N2C2CCCCC2)cc1. The van der Waals surface area contributed by atoms with Gasteiger partial charge in [-0.2, -0.15) is 0 Å². The molecule has 3 aromatic carbocycles. The lowest BCUT2D eigenvalue weighted by Gasteiger charge is -2.46. The summed E-state index contributed by atoms with van der Waals surface area (Å²) < 4.78 is 16.3. The number of benzene rings is 3. The number of carbonyl (C=O) groups is 2. The van der Waals surface area contributed by atoms with Gasteiger partial charge in [-0.1, -0.05) is 49.6 Å². The molecule has 2 atom stereocenters. The molecule has 1 aliphatic heterocycles. The summed E-state index contributed by atoms with van der Waals surface area (Å²) >= 11 is 0. The molecule has 7 heteroatoms. The fourth-order valence-corrected chi connectivity index (χ4v) is 5.87. The summed E-state index contributed by atoms with van der Waals surface area (Å²) in [5.74, 6) is 1.01. The lowest BCUT2D eigenvalue weighted by molar-refractivity contribution is -0.119. The summed E-state index contributed by atoms with van der Waals surface area (Å²) in [6.07, 6.45) is 5.17. The van der Waals surface area contributed by atoms with Crippen molar-refractivity contribution in [3.63, 3.8) is 0 Å². The minimum absolute atomic E-state index is 0.0173. The molecule has 0 radical (unpaired) electrons. The van der Waals surface area contributed by atoms with Crippen LogP contribution in [0.2, 0.25) is 0 Å². The Morgan fingerprint density at radius 2 is 1.53 bits per heavy atom. The Hall–Kier alpha value is -4.00. The van der Waals surface area contributed by atoms with Crippen LogP contribution in [0.25, 0.3) is 0 Å². The number of hydrogen-bond donors (Lipinski definition) is 1. The predicted octanol–water partition coefficient (Wildman–Crippen LogP) is 5.96. The maximum absolute atomic E-state index is 14.3. The molecule has 1 saturated carbocycles. The van der Waals surface area contributed by atoms with E-state index in [2.05, 4.69) is 5.32 Å². The van der Waals surface area contributed by atoms with E-state index in [4.69, 9.17) is 14.2 Å². The van der Waals surface area contributed by atoms with Crippen LogP contribution >= 0.6 is 0 Å². The average Bonchev–Trinajstić information content (AvgIpc) is 2.97. The summed E-state index contributed by atoms with van der Waals surface area (Å²) in [5.41, 5.74) is 2.73. The van der Waals surface area contributed by atoms with Gasteiger partial charge in [-0.15, -0.1) is 0 Å². The smallest absolute Gasteiger partial charge is 0.254 e. The monoisotopic (exact) mass is 514 g/mol. The molecular formula is C31H34N2O5. The zero-order valence-corrected chi connectivity index (χ0v) is 22.1. The average molecular weight is 515 g/mol. The van der Waals surface area contributed by atoms with Crippen molar-refractivity contribution >= 4 is 17.5 Å². The van der Waals surface area contributed by atoms with Gasteiger partial charge in [-0.25, -0.2) is 0 Å². The Bertz CT molecular complexity index is 1300. The van der Waals surface area contributed by atoms with Crippen LogP contribution in [0.3, 0.4) is 0 Å². The van der Waals surface area contributed by atoms with Crippen LogP contribution in [0.15, 0.2) is 66.7 Å². The van der Waals surface area contributed by atoms with Crippen LogP contribution in [0, 0.1) is 0 Å². The number of methoxy groups -OCH3 is 3. The Morgan fingerprint density at radius 3 is 2.21 bits per heavy atom. The first-order valence-corrected chi connectivity index (χ1v) is 13.1. The van der Waals surface area contributed by atoms with Crippen LogP contribution in [0.5, 0.6) is 17.2 Å². The topological polar surface area (TPSA) is 77.1 Å². The number of carbonyl (C=O) groups excluding carboxylic acids is 2. The number of hydrogen-bond acceptors (Lipinski definition) is 5. The van der Waals surface area contributed by atoms with Crippen molar-refractivity contribution in [1.82, 2.24) is 4.90 Å². The molecule has 2 aliphatic rings. The van der Waals surface area contributed by atoms with E-state index in [0.717, 1.165) is 42.6 Å². The largest absolute Gasteiger partial charge is 0.497 e. The summed E-state index contributed by atoms with van der Waals surface area (Å²) in [6.45, 7) is 0. The first-order valence-electron chi connectivity index (χ1n) is 13.1. The van der Waals surface area contributed by atoms with Gasteiger partial charge in [0.05, 0.1) is 39.0 Å². The minimum Gasteiger partial charge on any atom is -0.497 e. The molecule has 1 N–H and O–H groups in total. The van der Waals surface area contributed by atoms with E-state index in [-0.39, 0.29) is 17.9 Å². The maximum atomic E-state index is 14.3. The van der Waals surface area contributed by atoms with Crippen LogP contribution in [-0.4, -0.2) is 44.1 Å². The molecular weight excluding hydrogens is 480 g/mol. The number of fused-ring (bicyclic) bond motifs is 1. The molecule has 1 heterocycles. The van der Waals surface area contributed by atoms with Gasteiger partial charge in [-0.05, 0) is 54.3 Å². The summed E-state index contributed by atoms with van der Waals surface area (Å²) in [6, 6.07) is 20.1. The minimum atomic E-state index is -0.630. The highest BCUT2D eigenvalue weighted by atomic mass is 16.5. The molecule has 1 fully saturated rings. The lowest BCUT2D eigenvalue weighted by atomic mass is 9.77. The van der Waals surface area contributed by atoms with E-state index in [1.165, 1.54) is 6.42 Å². The first kappa shape index (κ1) is 25.6. The van der Waals surface area contributed by atoms with Crippen LogP contribution in [-0.2, 0) is 4.79 Å². The summed E-state index contributed by atoms with van der Waals surface area (Å²) in [7, 11) is 4.77. The highest BCUT2D eigenvalue weighted by Crippen LogP contribution is 2.46. The number of ether oxygens (including phenoxy) is 3. The Morgan fingerprint density at radius 1 is 0.842 bits per heavy atom. The fourth-order valence-electron chi connectivity index (χ4n) is 5.87. The van der Waals surface area contributed by atoms with E-state index in [0.29, 0.717) is 22.7 Å². The number of nitrogens with zero attached hydrogens (tertiary/aromatic N) is 1. The summed E-state index contributed by atoms with van der Waals surface area (Å²) in [5, 5.41) is 3.10. The zero-order valence-electron chi connectivity index (χ0n) is 22.1. The molecule has 5 rings (SSSR count). The van der Waals surface area contributed by atoms with Gasteiger partial charge in [0.2, 0.25) is 5.91 Å². The van der Waals surface area contributed by atoms with E-state index in [9.17, 15) is 9.59 Å². The van der Waals surface area contributed by atoms with Crippen molar-refractivity contribution in [2.75, 3.05) is 26.6 Å². The zero-order chi connectivity index (χ0) is 26.6. The predicted molar refractivity (Wildman–Crippen MR) is 146 cm³/mol. The summed E-state index contributed by atoms with van der Waals surface area (Å²) in [4.78, 5) is 30.3. The third-order valence-electron chi connectivity index (χ3n) is 7.75. The number of amides is 2. The highest BCUT2D eigenvalue weighted by Gasteiger charge is 2.46. The van der Waals surface area contributed by atoms with Crippen molar-refractivity contribution in [2.24, 2.45) is 0 Å². The van der Waals surface area contributed by atoms with Crippen molar-refractivity contribution in [1.29, 1.82) is 0 Å². The highest BCUT2D eigenvalue weighted by molar-refractivity contribution is 6.05. The second-order valence-corrected chi connectivity index (χ2v) is 9.84. The standard InChI is InChI=1S/C31H34N2O5/c1-36-22-15-13-20(14-16-22)29-28(30(34)32-26-19-23(37-2)17-18-27(26)38-3)24-11-7-8-12-25(24)31(35)33(29)21-9-5-4-6-10-21/h7-8,11-19,21,28-29H,4-6,9-10H2,1-3H3,(H,32,34). The van der Waals surface area contributed by atoms with E-state index in [1.807, 2.05) is 53.4 Å². The molecule has 2 amide bonds. The molecule has 2 unspecified atom stereocenters. The second-order valence-electron chi connectivity index (χ2n) is 9.84. The van der Waals surface area contributed by atoms with Crippen molar-refractivity contribution in [3.05, 3.63) is 83.4 Å². The van der Waals surface area contributed by atoms with Gasteiger partial charge in [0, 0.05) is 17.7 Å². The van der Waals surface area contributed by atoms with Gasteiger partial charge in [0.1, 0.15) is 17.2 Å². The molecule has 1 aliphatic carbocycles. The lowest BCUT2D eigenvalue weighted by Crippen LogP contribution is -2.51. The number of rotatable bonds is 7. The van der Waals surface area contributed by atoms with E-state index >= 15 is 0 Å². The van der Waals surface area contributed by atoms with E-state index in [1.54, 1.807) is 39.5 Å². The van der Waals surface area contributed by atoms with Crippen molar-refractivity contribution in [3.8, 4) is 17.2 Å². The van der Waals surface area contributed by atoms with Crippen LogP contribution in [0.1, 0.15) is 65.5 Å². The first-order chi connectivity index (χ1) is 18.5. The molecule has 198 valence electrons. The molecule has 0 spiro atoms. The third kappa shape index (κ3) is 4.80. The van der Waals surface area contributed by atoms with Crippen molar-refractivity contribution in [2.45, 2.75) is 50.1 Å². The van der Waals surface area contributed by atoms with Gasteiger partial charge in [0.15, 0.2) is 0 Å². The maximum Gasteiger partial charge on any atom is 0.254 e. The molecule has 0 aromatic heterocycles. The van der Waals surface area contributed by atoms with Crippen molar-refractivity contribution < 1.29 is 23.8 Å². The Labute approximate surface area is 223 Å². The van der Waals surface area contributed by atoms with Crippen LogP contribution < -0.4 is 19.5 Å². The molecule has 7 nitrogen and oxygen atoms in total. The third-order valence-corrected chi connectivity index (χ3v) is 7.75. The molecule has 0 saturated heterocycles. The Kier molecular flexibility index (Phi) is 7.54. The fraction of sp³-hybridized carbons (Fsp3) is 0.355. The van der Waals surface area contributed by atoms with Gasteiger partial charge >= 0.3 is 0 Å². The number of anilines is 1.